The van der Waals surface area contributed by atoms with Gasteiger partial charge in [0.25, 0.3) is 0 Å². The topological polar surface area (TPSA) is 26.0 Å². The number of rotatable bonds is 2. The van der Waals surface area contributed by atoms with Gasteiger partial charge in [-0.25, -0.2) is 0 Å². The van der Waals surface area contributed by atoms with Crippen LogP contribution >= 0.6 is 0 Å². The third-order valence-corrected chi connectivity index (χ3v) is 6.00. The number of hydrogen-bond donors (Lipinski definition) is 1. The summed E-state index contributed by atoms with van der Waals surface area (Å²) in [6, 6.07) is 11.3. The van der Waals surface area contributed by atoms with Gasteiger partial charge in [-0.15, -0.1) is 0 Å². The fraction of sp³-hybridized carbons (Fsp3) is 0.647. The monoisotopic (exact) mass is 241 g/mol. The van der Waals surface area contributed by atoms with Crippen LogP contribution in [0.5, 0.6) is 0 Å². The Morgan fingerprint density at radius 3 is 2.28 bits per heavy atom. The summed E-state index contributed by atoms with van der Waals surface area (Å²) in [6.45, 7) is 0.911. The number of benzene rings is 1. The molecule has 0 aliphatic heterocycles. The van der Waals surface area contributed by atoms with Crippen LogP contribution in [-0.2, 0) is 5.41 Å². The van der Waals surface area contributed by atoms with Crippen LogP contribution in [0.4, 0.5) is 0 Å². The molecule has 0 aromatic heterocycles. The summed E-state index contributed by atoms with van der Waals surface area (Å²) in [5, 5.41) is 0. The van der Waals surface area contributed by atoms with E-state index >= 15 is 0 Å². The van der Waals surface area contributed by atoms with Crippen LogP contribution in [0.1, 0.15) is 44.1 Å². The van der Waals surface area contributed by atoms with Crippen LogP contribution in [0.3, 0.4) is 0 Å². The molecule has 2 N–H and O–H groups in total. The highest BCUT2D eigenvalue weighted by Gasteiger charge is 2.57. The van der Waals surface area contributed by atoms with Crippen molar-refractivity contribution in [2.45, 2.75) is 43.9 Å². The van der Waals surface area contributed by atoms with E-state index in [1.807, 2.05) is 0 Å². The van der Waals surface area contributed by atoms with Gasteiger partial charge in [0.2, 0.25) is 0 Å². The van der Waals surface area contributed by atoms with Gasteiger partial charge in [-0.05, 0) is 73.3 Å². The van der Waals surface area contributed by atoms with Crippen molar-refractivity contribution in [1.82, 2.24) is 0 Å². The molecular formula is C17H23N. The fourth-order valence-corrected chi connectivity index (χ4v) is 5.82. The van der Waals surface area contributed by atoms with Crippen molar-refractivity contribution in [3.05, 3.63) is 35.9 Å². The molecule has 4 aliphatic carbocycles. The molecule has 0 radical (unpaired) electrons. The minimum atomic E-state index is 0.477. The quantitative estimate of drug-likeness (QED) is 0.843. The summed E-state index contributed by atoms with van der Waals surface area (Å²) >= 11 is 0. The Morgan fingerprint density at radius 2 is 1.67 bits per heavy atom. The molecule has 4 fully saturated rings. The Balaban J connectivity index is 1.78. The van der Waals surface area contributed by atoms with Gasteiger partial charge in [0.1, 0.15) is 0 Å². The zero-order chi connectivity index (χ0) is 12.2. The van der Waals surface area contributed by atoms with E-state index < -0.39 is 0 Å². The van der Waals surface area contributed by atoms with Crippen LogP contribution in [0.15, 0.2) is 30.3 Å². The molecule has 2 unspecified atom stereocenters. The third-order valence-electron chi connectivity index (χ3n) is 6.00. The van der Waals surface area contributed by atoms with Gasteiger partial charge in [-0.1, -0.05) is 30.3 Å². The summed E-state index contributed by atoms with van der Waals surface area (Å²) < 4.78 is 0. The second-order valence-corrected chi connectivity index (χ2v) is 7.31. The molecule has 0 amide bonds. The van der Waals surface area contributed by atoms with Gasteiger partial charge in [-0.3, -0.25) is 0 Å². The Bertz CT molecular complexity index is 436. The zero-order valence-corrected chi connectivity index (χ0v) is 11.1. The van der Waals surface area contributed by atoms with E-state index in [1.54, 1.807) is 5.56 Å². The molecule has 4 saturated carbocycles. The van der Waals surface area contributed by atoms with E-state index in [1.165, 1.54) is 38.5 Å². The molecule has 0 saturated heterocycles. The Hall–Kier alpha value is -0.820. The molecular weight excluding hydrogens is 218 g/mol. The summed E-state index contributed by atoms with van der Waals surface area (Å²) in [5.41, 5.74) is 8.72. The predicted molar refractivity (Wildman–Crippen MR) is 74.3 cm³/mol. The minimum Gasteiger partial charge on any atom is -0.330 e. The van der Waals surface area contributed by atoms with E-state index in [4.69, 9.17) is 5.73 Å². The highest BCUT2D eigenvalue weighted by atomic mass is 14.7. The van der Waals surface area contributed by atoms with Crippen molar-refractivity contribution in [3.63, 3.8) is 0 Å². The van der Waals surface area contributed by atoms with Crippen LogP contribution < -0.4 is 5.73 Å². The van der Waals surface area contributed by atoms with E-state index in [0.717, 1.165) is 18.4 Å². The second-order valence-electron chi connectivity index (χ2n) is 7.31. The summed E-state index contributed by atoms with van der Waals surface area (Å²) in [6.07, 6.45) is 8.51. The van der Waals surface area contributed by atoms with E-state index in [9.17, 15) is 0 Å². The molecule has 0 heterocycles. The zero-order valence-electron chi connectivity index (χ0n) is 11.1. The molecule has 2 atom stereocenters. The van der Waals surface area contributed by atoms with Gasteiger partial charge >= 0.3 is 0 Å². The van der Waals surface area contributed by atoms with Crippen molar-refractivity contribution in [3.8, 4) is 0 Å². The molecule has 1 aromatic rings. The third kappa shape index (κ3) is 1.43. The van der Waals surface area contributed by atoms with Gasteiger partial charge in [0.05, 0.1) is 0 Å². The van der Waals surface area contributed by atoms with E-state index in [0.29, 0.717) is 10.8 Å². The molecule has 18 heavy (non-hydrogen) atoms. The van der Waals surface area contributed by atoms with Crippen molar-refractivity contribution < 1.29 is 0 Å². The molecule has 0 spiro atoms. The fourth-order valence-electron chi connectivity index (χ4n) is 5.82. The molecule has 1 heteroatoms. The van der Waals surface area contributed by atoms with Crippen molar-refractivity contribution in [1.29, 1.82) is 0 Å². The maximum Gasteiger partial charge on any atom is -0.00200 e. The second kappa shape index (κ2) is 3.60. The van der Waals surface area contributed by atoms with Crippen molar-refractivity contribution >= 4 is 0 Å². The lowest BCUT2D eigenvalue weighted by Gasteiger charge is -2.62. The average Bonchev–Trinajstić information content (AvgIpc) is 2.38. The maximum atomic E-state index is 6.16. The lowest BCUT2D eigenvalue weighted by atomic mass is 9.43. The number of nitrogens with two attached hydrogens (primary N) is 1. The van der Waals surface area contributed by atoms with Gasteiger partial charge in [0.15, 0.2) is 0 Å². The van der Waals surface area contributed by atoms with Crippen LogP contribution in [0.25, 0.3) is 0 Å². The number of hydrogen-bond acceptors (Lipinski definition) is 1. The van der Waals surface area contributed by atoms with Crippen LogP contribution in [0, 0.1) is 17.3 Å². The highest BCUT2D eigenvalue weighted by molar-refractivity contribution is 5.30. The normalized spacial score (nSPS) is 45.4. The molecule has 5 rings (SSSR count). The molecule has 4 bridgehead atoms. The standard InChI is InChI=1S/C17H23N/c18-12-16-7-13-6-14(8-16)10-17(9-13,11-16)15-4-2-1-3-5-15/h1-5,13-14H,6-12,18H2. The van der Waals surface area contributed by atoms with Crippen LogP contribution in [-0.4, -0.2) is 6.54 Å². The molecule has 1 aromatic carbocycles. The maximum absolute atomic E-state index is 6.16. The van der Waals surface area contributed by atoms with E-state index in [-0.39, 0.29) is 0 Å². The lowest BCUT2D eigenvalue weighted by molar-refractivity contribution is -0.0667. The van der Waals surface area contributed by atoms with Crippen molar-refractivity contribution in [2.24, 2.45) is 23.0 Å². The Kier molecular flexibility index (Phi) is 2.21. The smallest absolute Gasteiger partial charge is 0.00200 e. The lowest BCUT2D eigenvalue weighted by Crippen LogP contribution is -2.56. The Labute approximate surface area is 110 Å². The van der Waals surface area contributed by atoms with Gasteiger partial charge in [-0.2, -0.15) is 0 Å². The summed E-state index contributed by atoms with van der Waals surface area (Å²) in [4.78, 5) is 0. The molecule has 1 nitrogen and oxygen atoms in total. The first kappa shape index (κ1) is 11.0. The van der Waals surface area contributed by atoms with Gasteiger partial charge in [0, 0.05) is 0 Å². The SMILES string of the molecule is NCC12CC3CC(C1)CC(c1ccccc1)(C3)C2. The first-order valence-electron chi connectivity index (χ1n) is 7.49. The molecule has 4 aliphatic rings. The average molecular weight is 241 g/mol. The first-order valence-corrected chi connectivity index (χ1v) is 7.49. The van der Waals surface area contributed by atoms with Crippen LogP contribution in [0.2, 0.25) is 0 Å². The molecule has 96 valence electrons. The van der Waals surface area contributed by atoms with Crippen molar-refractivity contribution in [2.75, 3.05) is 6.54 Å². The predicted octanol–water partition coefficient (Wildman–Crippen LogP) is 3.48. The summed E-state index contributed by atoms with van der Waals surface area (Å²) in [7, 11) is 0. The first-order chi connectivity index (χ1) is 8.74. The minimum absolute atomic E-state index is 0.477. The van der Waals surface area contributed by atoms with Gasteiger partial charge < -0.3 is 5.73 Å². The van der Waals surface area contributed by atoms with E-state index in [2.05, 4.69) is 30.3 Å². The summed E-state index contributed by atoms with van der Waals surface area (Å²) in [5.74, 6) is 1.91. The largest absolute Gasteiger partial charge is 0.330 e. The Morgan fingerprint density at radius 1 is 1.00 bits per heavy atom. The highest BCUT2D eigenvalue weighted by Crippen LogP contribution is 2.65.